The van der Waals surface area contributed by atoms with Gasteiger partial charge in [-0.3, -0.25) is 4.90 Å². The van der Waals surface area contributed by atoms with E-state index >= 15 is 0 Å². The van der Waals surface area contributed by atoms with Gasteiger partial charge in [0.25, 0.3) is 0 Å². The van der Waals surface area contributed by atoms with Gasteiger partial charge in [-0.2, -0.15) is 0 Å². The lowest BCUT2D eigenvalue weighted by Crippen LogP contribution is -2.32. The molecule has 0 amide bonds. The molecule has 0 saturated heterocycles. The molecule has 108 valence electrons. The third kappa shape index (κ3) is 7.06. The normalized spacial score (nSPS) is 12.9. The van der Waals surface area contributed by atoms with E-state index in [2.05, 4.69) is 33.8 Å². The van der Waals surface area contributed by atoms with Gasteiger partial charge in [0.05, 0.1) is 12.7 Å². The monoisotopic (exact) mass is 329 g/mol. The molecule has 19 heavy (non-hydrogen) atoms. The summed E-state index contributed by atoms with van der Waals surface area (Å²) >= 11 is 3.54. The Morgan fingerprint density at radius 1 is 1.37 bits per heavy atom. The fourth-order valence-corrected chi connectivity index (χ4v) is 2.27. The highest BCUT2D eigenvalue weighted by molar-refractivity contribution is 9.10. The molecule has 0 saturated carbocycles. The van der Waals surface area contributed by atoms with E-state index in [0.29, 0.717) is 13.2 Å². The summed E-state index contributed by atoms with van der Waals surface area (Å²) in [4.78, 5) is 2.11. The Kier molecular flexibility index (Phi) is 8.30. The number of rotatable bonds is 9. The highest BCUT2D eigenvalue weighted by atomic mass is 79.9. The first-order valence-electron chi connectivity index (χ1n) is 6.81. The van der Waals surface area contributed by atoms with Crippen molar-refractivity contribution in [1.29, 1.82) is 0 Å². The number of aliphatic hydroxyl groups is 1. The number of likely N-dealkylation sites (N-methyl/N-ethyl adjacent to an activating group) is 1. The Balaban J connectivity index is 2.26. The Labute approximate surface area is 124 Å². The highest BCUT2D eigenvalue weighted by Gasteiger charge is 2.10. The molecule has 0 bridgehead atoms. The van der Waals surface area contributed by atoms with Crippen LogP contribution in [-0.4, -0.2) is 42.9 Å². The summed E-state index contributed by atoms with van der Waals surface area (Å²) in [6.45, 7) is 4.72. The van der Waals surface area contributed by atoms with Gasteiger partial charge in [-0.1, -0.05) is 47.5 Å². The second kappa shape index (κ2) is 9.48. The molecule has 1 aromatic carbocycles. The summed E-state index contributed by atoms with van der Waals surface area (Å²) in [7, 11) is 2.01. The van der Waals surface area contributed by atoms with E-state index in [4.69, 9.17) is 4.74 Å². The number of aliphatic hydroxyl groups excluding tert-OH is 1. The average molecular weight is 330 g/mol. The average Bonchev–Trinajstić information content (AvgIpc) is 2.37. The fourth-order valence-electron chi connectivity index (χ4n) is 1.86. The van der Waals surface area contributed by atoms with Crippen LogP contribution < -0.4 is 0 Å². The van der Waals surface area contributed by atoms with Crippen LogP contribution in [0.15, 0.2) is 28.7 Å². The molecule has 1 unspecified atom stereocenters. The van der Waals surface area contributed by atoms with Crippen LogP contribution in [0.4, 0.5) is 0 Å². The number of benzene rings is 1. The minimum atomic E-state index is -0.427. The number of nitrogens with zero attached hydrogens (tertiary/aromatic N) is 1. The minimum absolute atomic E-state index is 0.417. The van der Waals surface area contributed by atoms with Gasteiger partial charge >= 0.3 is 0 Å². The number of ether oxygens (including phenoxy) is 1. The van der Waals surface area contributed by atoms with Crippen molar-refractivity contribution in [2.24, 2.45) is 0 Å². The summed E-state index contributed by atoms with van der Waals surface area (Å²) in [5.41, 5.74) is 1.23. The zero-order chi connectivity index (χ0) is 14.1. The second-order valence-corrected chi connectivity index (χ2v) is 5.72. The summed E-state index contributed by atoms with van der Waals surface area (Å²) in [6, 6.07) is 8.15. The van der Waals surface area contributed by atoms with E-state index in [1.807, 2.05) is 25.2 Å². The molecule has 0 aromatic heterocycles. The van der Waals surface area contributed by atoms with Crippen LogP contribution in [-0.2, 0) is 11.3 Å². The van der Waals surface area contributed by atoms with Gasteiger partial charge in [0.15, 0.2) is 0 Å². The van der Waals surface area contributed by atoms with Crippen molar-refractivity contribution in [3.05, 3.63) is 34.3 Å². The van der Waals surface area contributed by atoms with Gasteiger partial charge in [0.2, 0.25) is 0 Å². The number of halogens is 1. The van der Waals surface area contributed by atoms with Crippen molar-refractivity contribution >= 4 is 15.9 Å². The molecule has 0 radical (unpaired) electrons. The summed E-state index contributed by atoms with van der Waals surface area (Å²) in [5, 5.41) is 9.89. The van der Waals surface area contributed by atoms with Crippen LogP contribution in [0.1, 0.15) is 25.3 Å². The molecule has 0 spiro atoms. The molecule has 3 nitrogen and oxygen atoms in total. The lowest BCUT2D eigenvalue weighted by Gasteiger charge is -2.21. The van der Waals surface area contributed by atoms with Crippen LogP contribution >= 0.6 is 15.9 Å². The standard InChI is InChI=1S/C15H24BrNO2/c1-3-4-9-19-12-14(18)11-17(2)10-13-7-5-6-8-15(13)16/h5-8,14,18H,3-4,9-12H2,1-2H3. The fraction of sp³-hybridized carbons (Fsp3) is 0.600. The molecule has 1 aromatic rings. The topological polar surface area (TPSA) is 32.7 Å². The Bertz CT molecular complexity index is 360. The van der Waals surface area contributed by atoms with Gasteiger partial charge in [-0.05, 0) is 25.1 Å². The predicted molar refractivity (Wildman–Crippen MR) is 82.2 cm³/mol. The van der Waals surface area contributed by atoms with E-state index in [-0.39, 0.29) is 0 Å². The smallest absolute Gasteiger partial charge is 0.0900 e. The largest absolute Gasteiger partial charge is 0.389 e. The third-order valence-electron chi connectivity index (χ3n) is 2.87. The molecule has 1 rings (SSSR count). The molecule has 0 heterocycles. The van der Waals surface area contributed by atoms with E-state index in [1.54, 1.807) is 0 Å². The van der Waals surface area contributed by atoms with Crippen LogP contribution in [0.2, 0.25) is 0 Å². The van der Waals surface area contributed by atoms with Crippen LogP contribution in [0.25, 0.3) is 0 Å². The van der Waals surface area contributed by atoms with E-state index in [1.165, 1.54) is 5.56 Å². The van der Waals surface area contributed by atoms with Crippen molar-refractivity contribution in [1.82, 2.24) is 4.90 Å². The Morgan fingerprint density at radius 3 is 2.79 bits per heavy atom. The molecular weight excluding hydrogens is 306 g/mol. The quantitative estimate of drug-likeness (QED) is 0.707. The van der Waals surface area contributed by atoms with Crippen molar-refractivity contribution in [2.45, 2.75) is 32.4 Å². The number of unbranched alkanes of at least 4 members (excludes halogenated alkanes) is 1. The van der Waals surface area contributed by atoms with Crippen molar-refractivity contribution in [3.8, 4) is 0 Å². The first-order valence-corrected chi connectivity index (χ1v) is 7.60. The number of hydrogen-bond donors (Lipinski definition) is 1. The van der Waals surface area contributed by atoms with E-state index in [0.717, 1.165) is 30.5 Å². The van der Waals surface area contributed by atoms with Gasteiger partial charge in [0, 0.05) is 24.2 Å². The Morgan fingerprint density at radius 2 is 2.11 bits per heavy atom. The molecule has 0 aliphatic heterocycles. The minimum Gasteiger partial charge on any atom is -0.389 e. The lowest BCUT2D eigenvalue weighted by atomic mass is 10.2. The van der Waals surface area contributed by atoms with Crippen molar-refractivity contribution in [2.75, 3.05) is 26.8 Å². The van der Waals surface area contributed by atoms with Crippen LogP contribution in [0.3, 0.4) is 0 Å². The lowest BCUT2D eigenvalue weighted by molar-refractivity contribution is 0.0188. The van der Waals surface area contributed by atoms with Crippen LogP contribution in [0.5, 0.6) is 0 Å². The van der Waals surface area contributed by atoms with Crippen molar-refractivity contribution in [3.63, 3.8) is 0 Å². The van der Waals surface area contributed by atoms with Gasteiger partial charge in [0.1, 0.15) is 0 Å². The maximum Gasteiger partial charge on any atom is 0.0900 e. The predicted octanol–water partition coefficient (Wildman–Crippen LogP) is 3.06. The van der Waals surface area contributed by atoms with Gasteiger partial charge < -0.3 is 9.84 Å². The zero-order valence-electron chi connectivity index (χ0n) is 11.8. The molecule has 1 N–H and O–H groups in total. The molecule has 4 heteroatoms. The maximum absolute atomic E-state index is 9.89. The number of hydrogen-bond acceptors (Lipinski definition) is 3. The zero-order valence-corrected chi connectivity index (χ0v) is 13.4. The third-order valence-corrected chi connectivity index (χ3v) is 3.65. The first-order chi connectivity index (χ1) is 9.13. The Hall–Kier alpha value is -0.420. The van der Waals surface area contributed by atoms with Gasteiger partial charge in [-0.25, -0.2) is 0 Å². The molecule has 1 atom stereocenters. The molecule has 0 aliphatic rings. The molecular formula is C15H24BrNO2. The van der Waals surface area contributed by atoms with E-state index < -0.39 is 6.10 Å². The van der Waals surface area contributed by atoms with Crippen LogP contribution in [0, 0.1) is 0 Å². The van der Waals surface area contributed by atoms with Crippen molar-refractivity contribution < 1.29 is 9.84 Å². The molecule has 0 aliphatic carbocycles. The highest BCUT2D eigenvalue weighted by Crippen LogP contribution is 2.17. The van der Waals surface area contributed by atoms with Gasteiger partial charge in [-0.15, -0.1) is 0 Å². The maximum atomic E-state index is 9.89. The summed E-state index contributed by atoms with van der Waals surface area (Å²) in [5.74, 6) is 0. The summed E-state index contributed by atoms with van der Waals surface area (Å²) < 4.78 is 6.53. The first kappa shape index (κ1) is 16.6. The van der Waals surface area contributed by atoms with E-state index in [9.17, 15) is 5.11 Å². The summed E-state index contributed by atoms with van der Waals surface area (Å²) in [6.07, 6.45) is 1.75. The second-order valence-electron chi connectivity index (χ2n) is 4.87. The SMILES string of the molecule is CCCCOCC(O)CN(C)Cc1ccccc1Br. The molecule has 0 fully saturated rings.